The van der Waals surface area contributed by atoms with E-state index in [1.807, 2.05) is 19.1 Å². The van der Waals surface area contributed by atoms with Gasteiger partial charge >= 0.3 is 0 Å². The molecule has 0 saturated heterocycles. The van der Waals surface area contributed by atoms with Gasteiger partial charge in [-0.1, -0.05) is 45.1 Å². The molecule has 1 aromatic rings. The van der Waals surface area contributed by atoms with Gasteiger partial charge in [0.1, 0.15) is 5.82 Å². The van der Waals surface area contributed by atoms with Crippen LogP contribution in [-0.2, 0) is 4.74 Å². The molecule has 0 aliphatic heterocycles. The predicted octanol–water partition coefficient (Wildman–Crippen LogP) is 6.03. The fourth-order valence-electron chi connectivity index (χ4n) is 3.26. The van der Waals surface area contributed by atoms with E-state index in [0.29, 0.717) is 23.9 Å². The zero-order chi connectivity index (χ0) is 16.8. The van der Waals surface area contributed by atoms with Crippen LogP contribution >= 0.6 is 0 Å². The Bertz CT molecular complexity index is 513. The smallest absolute Gasteiger partial charge is 0.126 e. The van der Waals surface area contributed by atoms with Crippen LogP contribution < -0.4 is 0 Å². The van der Waals surface area contributed by atoms with E-state index in [-0.39, 0.29) is 5.82 Å². The lowest BCUT2D eigenvalue weighted by Crippen LogP contribution is -2.23. The Morgan fingerprint density at radius 2 is 1.83 bits per heavy atom. The molecule has 1 aliphatic rings. The number of halogens is 1. The van der Waals surface area contributed by atoms with E-state index in [0.717, 1.165) is 43.4 Å². The van der Waals surface area contributed by atoms with Crippen molar-refractivity contribution < 1.29 is 9.13 Å². The molecule has 1 nitrogen and oxygen atoms in total. The Hall–Kier alpha value is -1.15. The number of hydrogen-bond acceptors (Lipinski definition) is 1. The topological polar surface area (TPSA) is 9.23 Å². The molecule has 1 aliphatic carbocycles. The lowest BCUT2D eigenvalue weighted by molar-refractivity contribution is 0.0141. The lowest BCUT2D eigenvalue weighted by atomic mass is 9.82. The molecule has 1 aromatic carbocycles. The maximum atomic E-state index is 14.1. The third kappa shape index (κ3) is 5.76. The van der Waals surface area contributed by atoms with Crippen LogP contribution in [0, 0.1) is 24.6 Å². The van der Waals surface area contributed by atoms with Crippen LogP contribution in [0.15, 0.2) is 30.4 Å². The van der Waals surface area contributed by atoms with Crippen molar-refractivity contribution in [2.75, 3.05) is 6.61 Å². The number of benzene rings is 1. The number of ether oxygens (including phenoxy) is 1. The van der Waals surface area contributed by atoms with Crippen LogP contribution in [0.5, 0.6) is 0 Å². The summed E-state index contributed by atoms with van der Waals surface area (Å²) >= 11 is 0. The third-order valence-electron chi connectivity index (χ3n) is 4.69. The highest BCUT2D eigenvalue weighted by Gasteiger charge is 2.24. The van der Waals surface area contributed by atoms with Gasteiger partial charge in [0.15, 0.2) is 0 Å². The summed E-state index contributed by atoms with van der Waals surface area (Å²) in [4.78, 5) is 0. The van der Waals surface area contributed by atoms with Crippen LogP contribution in [0.1, 0.15) is 63.5 Å². The zero-order valence-electron chi connectivity index (χ0n) is 15.0. The normalized spacial score (nSPS) is 23.6. The second-order valence-electron chi connectivity index (χ2n) is 7.44. The highest BCUT2D eigenvalue weighted by Crippen LogP contribution is 2.35. The van der Waals surface area contributed by atoms with Crippen molar-refractivity contribution in [1.29, 1.82) is 0 Å². The maximum Gasteiger partial charge on any atom is 0.126 e. The minimum absolute atomic E-state index is 0.0400. The van der Waals surface area contributed by atoms with Gasteiger partial charge in [-0.2, -0.15) is 0 Å². The van der Waals surface area contributed by atoms with Crippen molar-refractivity contribution in [1.82, 2.24) is 0 Å². The molecule has 0 bridgehead atoms. The van der Waals surface area contributed by atoms with Gasteiger partial charge in [0.25, 0.3) is 0 Å². The first-order valence-corrected chi connectivity index (χ1v) is 9.01. The van der Waals surface area contributed by atoms with E-state index >= 15 is 0 Å². The molecule has 0 radical (unpaired) electrons. The molecule has 2 heteroatoms. The highest BCUT2D eigenvalue weighted by molar-refractivity contribution is 5.26. The Morgan fingerprint density at radius 1 is 1.13 bits per heavy atom. The first kappa shape index (κ1) is 18.2. The summed E-state index contributed by atoms with van der Waals surface area (Å²) < 4.78 is 20.2. The monoisotopic (exact) mass is 318 g/mol. The van der Waals surface area contributed by atoms with Crippen molar-refractivity contribution >= 4 is 0 Å². The molecular formula is C21H31FO. The van der Waals surface area contributed by atoms with Gasteiger partial charge in [0.2, 0.25) is 0 Å². The molecule has 1 saturated carbocycles. The van der Waals surface area contributed by atoms with E-state index in [4.69, 9.17) is 4.74 Å². The number of aryl methyl sites for hydroxylation is 1. The van der Waals surface area contributed by atoms with Crippen LogP contribution in [0.2, 0.25) is 0 Å². The summed E-state index contributed by atoms with van der Waals surface area (Å²) in [5.74, 6) is 1.37. The van der Waals surface area contributed by atoms with E-state index in [2.05, 4.69) is 32.9 Å². The molecular weight excluding hydrogens is 287 g/mol. The van der Waals surface area contributed by atoms with Gasteiger partial charge < -0.3 is 4.74 Å². The molecule has 23 heavy (non-hydrogen) atoms. The molecule has 1 unspecified atom stereocenters. The minimum atomic E-state index is -0.0400. The summed E-state index contributed by atoms with van der Waals surface area (Å²) in [6.45, 7) is 9.31. The number of allylic oxidation sites excluding steroid dienone is 1. The second kappa shape index (κ2) is 8.63. The summed E-state index contributed by atoms with van der Waals surface area (Å²) in [5, 5.41) is 0. The van der Waals surface area contributed by atoms with E-state index in [1.54, 1.807) is 6.07 Å². The zero-order valence-corrected chi connectivity index (χ0v) is 15.0. The number of hydrogen-bond donors (Lipinski definition) is 0. The molecule has 0 heterocycles. The maximum absolute atomic E-state index is 14.1. The van der Waals surface area contributed by atoms with Crippen LogP contribution in [-0.4, -0.2) is 12.7 Å². The predicted molar refractivity (Wildman–Crippen MR) is 95.2 cm³/mol. The Kier molecular flexibility index (Phi) is 6.83. The molecule has 1 fully saturated rings. The first-order chi connectivity index (χ1) is 11.0. The van der Waals surface area contributed by atoms with Gasteiger partial charge in [-0.15, -0.1) is 0 Å². The van der Waals surface area contributed by atoms with Gasteiger partial charge in [-0.05, 0) is 67.6 Å². The third-order valence-corrected chi connectivity index (χ3v) is 4.69. The summed E-state index contributed by atoms with van der Waals surface area (Å²) in [7, 11) is 0. The number of rotatable bonds is 6. The highest BCUT2D eigenvalue weighted by atomic mass is 19.1. The van der Waals surface area contributed by atoms with Crippen LogP contribution in [0.4, 0.5) is 4.39 Å². The molecule has 0 N–H and O–H groups in total. The fourth-order valence-corrected chi connectivity index (χ4v) is 3.26. The first-order valence-electron chi connectivity index (χ1n) is 9.01. The summed E-state index contributed by atoms with van der Waals surface area (Å²) in [5.41, 5.74) is 1.88. The van der Waals surface area contributed by atoms with Gasteiger partial charge in [0, 0.05) is 0 Å². The largest absolute Gasteiger partial charge is 0.378 e. The lowest BCUT2D eigenvalue weighted by Gasteiger charge is -2.29. The van der Waals surface area contributed by atoms with Crippen LogP contribution in [0.25, 0.3) is 0 Å². The Balaban J connectivity index is 1.78. The van der Waals surface area contributed by atoms with Crippen molar-refractivity contribution in [3.05, 3.63) is 47.3 Å². The molecule has 0 amide bonds. The molecule has 128 valence electrons. The average Bonchev–Trinajstić information content (AvgIpc) is 2.51. The standard InChI is InChI=1S/C21H31FO/c1-15(2)5-6-17(4)14-23-19-10-8-18(9-11-19)20-12-7-16(3)13-21(20)22/h5-7,12-13,15,17-19H,8-11,14H2,1-4H3/b6-5-. The SMILES string of the molecule is Cc1ccc(C2CCC(OCC(C)/C=C\C(C)C)CC2)c(F)c1. The van der Waals surface area contributed by atoms with Gasteiger partial charge in [-0.3, -0.25) is 0 Å². The van der Waals surface area contributed by atoms with Crippen LogP contribution in [0.3, 0.4) is 0 Å². The minimum Gasteiger partial charge on any atom is -0.378 e. The quantitative estimate of drug-likeness (QED) is 0.582. The van der Waals surface area contributed by atoms with Crippen molar-refractivity contribution in [2.24, 2.45) is 11.8 Å². The Morgan fingerprint density at radius 3 is 2.43 bits per heavy atom. The average molecular weight is 318 g/mol. The molecule has 2 rings (SSSR count). The Labute approximate surface area is 140 Å². The van der Waals surface area contributed by atoms with Gasteiger partial charge in [-0.25, -0.2) is 4.39 Å². The van der Waals surface area contributed by atoms with E-state index < -0.39 is 0 Å². The second-order valence-corrected chi connectivity index (χ2v) is 7.44. The molecule has 0 spiro atoms. The summed E-state index contributed by atoms with van der Waals surface area (Å²) in [6.07, 6.45) is 8.97. The van der Waals surface area contributed by atoms with Crippen molar-refractivity contribution in [3.63, 3.8) is 0 Å². The van der Waals surface area contributed by atoms with Crippen molar-refractivity contribution in [2.45, 2.75) is 65.4 Å². The molecule has 1 atom stereocenters. The summed E-state index contributed by atoms with van der Waals surface area (Å²) in [6, 6.07) is 5.64. The fraction of sp³-hybridized carbons (Fsp3) is 0.619. The van der Waals surface area contributed by atoms with Gasteiger partial charge in [0.05, 0.1) is 12.7 Å². The van der Waals surface area contributed by atoms with E-state index in [9.17, 15) is 4.39 Å². The molecule has 0 aromatic heterocycles. The van der Waals surface area contributed by atoms with Crippen molar-refractivity contribution in [3.8, 4) is 0 Å². The van der Waals surface area contributed by atoms with E-state index in [1.165, 1.54) is 0 Å².